The van der Waals surface area contributed by atoms with Gasteiger partial charge in [-0.2, -0.15) is 0 Å². The summed E-state index contributed by atoms with van der Waals surface area (Å²) in [5.74, 6) is -3.99. The first kappa shape index (κ1) is 18.4. The Bertz CT molecular complexity index is 907. The number of fused-ring (bicyclic) bond motifs is 5. The summed E-state index contributed by atoms with van der Waals surface area (Å²) < 4.78 is 16.3. The zero-order valence-corrected chi connectivity index (χ0v) is 15.6. The first-order valence-corrected chi connectivity index (χ1v) is 8.90. The van der Waals surface area contributed by atoms with Gasteiger partial charge in [0.05, 0.1) is 23.6 Å². The average molecular weight is 385 g/mol. The number of carbonyl (C=O) groups excluding carboxylic acids is 4. The Morgan fingerprint density at radius 2 is 1.82 bits per heavy atom. The lowest BCUT2D eigenvalue weighted by molar-refractivity contribution is -0.226. The number of anilines is 1. The quantitative estimate of drug-likeness (QED) is 0.333. The third-order valence-corrected chi connectivity index (χ3v) is 5.25. The van der Waals surface area contributed by atoms with Crippen molar-refractivity contribution in [2.75, 3.05) is 4.90 Å². The van der Waals surface area contributed by atoms with E-state index in [0.29, 0.717) is 5.69 Å². The molecule has 3 aliphatic heterocycles. The molecule has 1 aromatic rings. The van der Waals surface area contributed by atoms with Crippen molar-refractivity contribution in [1.82, 2.24) is 0 Å². The molecule has 1 aromatic carbocycles. The lowest BCUT2D eigenvalue weighted by Gasteiger charge is -2.34. The Morgan fingerprint density at radius 3 is 2.43 bits per heavy atom. The van der Waals surface area contributed by atoms with Crippen molar-refractivity contribution in [3.05, 3.63) is 42.0 Å². The van der Waals surface area contributed by atoms with Crippen LogP contribution in [0.2, 0.25) is 0 Å². The number of ether oxygens (including phenoxy) is 3. The maximum absolute atomic E-state index is 13.3. The molecule has 146 valence electrons. The molecule has 4 atom stereocenters. The average Bonchev–Trinajstić information content (AvgIpc) is 3.25. The number of hydrogen-bond donors (Lipinski definition) is 0. The van der Waals surface area contributed by atoms with Crippen LogP contribution in [0.1, 0.15) is 19.4 Å². The van der Waals surface area contributed by atoms with E-state index in [9.17, 15) is 19.2 Å². The van der Waals surface area contributed by atoms with Crippen molar-refractivity contribution in [2.45, 2.75) is 38.8 Å². The standard InChI is InChI=1S/C20H19NO7/c1-10-5-4-6-13(9-10)21-17(24)15-14-7-8-20(28-14,16(15)18(21)25)19(26-11(2)22)27-12(3)23/h4-9,14-16,19H,1-3H3/t14-,15+,16-,20-/m0/s1. The molecule has 2 bridgehead atoms. The molecule has 4 rings (SSSR count). The molecule has 2 saturated heterocycles. The Labute approximate surface area is 161 Å². The zero-order chi connectivity index (χ0) is 20.2. The smallest absolute Gasteiger partial charge is 0.305 e. The van der Waals surface area contributed by atoms with Gasteiger partial charge in [-0.05, 0) is 30.7 Å². The number of aryl methyl sites for hydroxylation is 1. The number of rotatable bonds is 4. The highest BCUT2D eigenvalue weighted by Gasteiger charge is 2.72. The van der Waals surface area contributed by atoms with E-state index in [1.807, 2.05) is 13.0 Å². The van der Waals surface area contributed by atoms with Gasteiger partial charge in [0.1, 0.15) is 0 Å². The van der Waals surface area contributed by atoms with Crippen LogP contribution in [0.3, 0.4) is 0 Å². The second kappa shape index (κ2) is 6.27. The number of imide groups is 1. The van der Waals surface area contributed by atoms with E-state index < -0.39 is 47.7 Å². The van der Waals surface area contributed by atoms with E-state index in [2.05, 4.69) is 0 Å². The summed E-state index contributed by atoms with van der Waals surface area (Å²) in [6, 6.07) is 7.05. The monoisotopic (exact) mass is 385 g/mol. The third-order valence-electron chi connectivity index (χ3n) is 5.25. The highest BCUT2D eigenvalue weighted by atomic mass is 16.7. The van der Waals surface area contributed by atoms with E-state index in [1.165, 1.54) is 0 Å². The fourth-order valence-corrected chi connectivity index (χ4v) is 4.24. The summed E-state index contributed by atoms with van der Waals surface area (Å²) >= 11 is 0. The van der Waals surface area contributed by atoms with Gasteiger partial charge in [-0.3, -0.25) is 19.2 Å². The number of hydrogen-bond acceptors (Lipinski definition) is 7. The lowest BCUT2D eigenvalue weighted by atomic mass is 9.76. The first-order chi connectivity index (χ1) is 13.2. The fourth-order valence-electron chi connectivity index (χ4n) is 4.24. The summed E-state index contributed by atoms with van der Waals surface area (Å²) in [6.45, 7) is 4.19. The molecule has 2 amide bonds. The predicted molar refractivity (Wildman–Crippen MR) is 94.7 cm³/mol. The maximum atomic E-state index is 13.3. The molecule has 0 aromatic heterocycles. The number of amides is 2. The second-order valence-corrected chi connectivity index (χ2v) is 7.20. The molecule has 0 radical (unpaired) electrons. The first-order valence-electron chi connectivity index (χ1n) is 8.90. The van der Waals surface area contributed by atoms with Crippen LogP contribution in [-0.2, 0) is 33.4 Å². The van der Waals surface area contributed by atoms with Crippen LogP contribution in [-0.4, -0.2) is 41.7 Å². The molecule has 0 spiro atoms. The number of benzene rings is 1. The number of carbonyl (C=O) groups is 4. The molecule has 8 heteroatoms. The normalized spacial score (nSPS) is 30.1. The lowest BCUT2D eigenvalue weighted by Crippen LogP contribution is -2.52. The molecule has 0 aliphatic carbocycles. The van der Waals surface area contributed by atoms with Gasteiger partial charge in [0.25, 0.3) is 6.29 Å². The summed E-state index contributed by atoms with van der Waals surface area (Å²) in [5.41, 5.74) is -0.159. The third kappa shape index (κ3) is 2.56. The van der Waals surface area contributed by atoms with Gasteiger partial charge in [-0.25, -0.2) is 4.90 Å². The minimum absolute atomic E-state index is 0.388. The highest BCUT2D eigenvalue weighted by Crippen LogP contribution is 2.54. The van der Waals surface area contributed by atoms with Gasteiger partial charge in [0, 0.05) is 13.8 Å². The van der Waals surface area contributed by atoms with Crippen molar-refractivity contribution >= 4 is 29.4 Å². The number of nitrogens with zero attached hydrogens (tertiary/aromatic N) is 1. The summed E-state index contributed by atoms with van der Waals surface area (Å²) in [6.07, 6.45) is 1.07. The van der Waals surface area contributed by atoms with E-state index in [1.54, 1.807) is 30.4 Å². The van der Waals surface area contributed by atoms with Gasteiger partial charge < -0.3 is 14.2 Å². The molecule has 0 saturated carbocycles. The van der Waals surface area contributed by atoms with Crippen molar-refractivity contribution in [3.8, 4) is 0 Å². The van der Waals surface area contributed by atoms with Crippen molar-refractivity contribution in [2.24, 2.45) is 11.8 Å². The predicted octanol–water partition coefficient (Wildman–Crippen LogP) is 1.26. The van der Waals surface area contributed by atoms with Crippen molar-refractivity contribution in [3.63, 3.8) is 0 Å². The van der Waals surface area contributed by atoms with Crippen LogP contribution < -0.4 is 4.90 Å². The molecule has 3 heterocycles. The molecule has 8 nitrogen and oxygen atoms in total. The van der Waals surface area contributed by atoms with E-state index in [0.717, 1.165) is 24.3 Å². The largest absolute Gasteiger partial charge is 0.422 e. The van der Waals surface area contributed by atoms with Gasteiger partial charge in [-0.15, -0.1) is 0 Å². The van der Waals surface area contributed by atoms with Crippen LogP contribution in [0, 0.1) is 18.8 Å². The van der Waals surface area contributed by atoms with E-state index >= 15 is 0 Å². The molecule has 28 heavy (non-hydrogen) atoms. The Hall–Kier alpha value is -3.00. The van der Waals surface area contributed by atoms with Crippen LogP contribution in [0.4, 0.5) is 5.69 Å². The number of esters is 2. The molecule has 2 fully saturated rings. The SMILES string of the molecule is CC(=O)OC(OC(C)=O)[C@@]12C=C[C@H](O1)[C@H]1C(=O)N(c3cccc(C)c3)C(=O)[C@H]12. The minimum Gasteiger partial charge on any atom is -0.422 e. The molecular weight excluding hydrogens is 366 g/mol. The Balaban J connectivity index is 1.75. The second-order valence-electron chi connectivity index (χ2n) is 7.20. The Kier molecular flexibility index (Phi) is 4.11. The van der Waals surface area contributed by atoms with Crippen LogP contribution >= 0.6 is 0 Å². The van der Waals surface area contributed by atoms with Crippen LogP contribution in [0.25, 0.3) is 0 Å². The van der Waals surface area contributed by atoms with Crippen LogP contribution in [0.15, 0.2) is 36.4 Å². The molecule has 0 N–H and O–H groups in total. The van der Waals surface area contributed by atoms with Gasteiger partial charge in [-0.1, -0.05) is 18.2 Å². The van der Waals surface area contributed by atoms with Crippen molar-refractivity contribution < 1.29 is 33.4 Å². The Morgan fingerprint density at radius 1 is 1.14 bits per heavy atom. The van der Waals surface area contributed by atoms with Gasteiger partial charge in [0.15, 0.2) is 5.60 Å². The summed E-state index contributed by atoms with van der Waals surface area (Å²) in [4.78, 5) is 50.7. The summed E-state index contributed by atoms with van der Waals surface area (Å²) in [5, 5.41) is 0. The topological polar surface area (TPSA) is 99.2 Å². The molecule has 0 unspecified atom stereocenters. The highest BCUT2D eigenvalue weighted by molar-refractivity contribution is 6.23. The van der Waals surface area contributed by atoms with Crippen molar-refractivity contribution in [1.29, 1.82) is 0 Å². The van der Waals surface area contributed by atoms with Gasteiger partial charge >= 0.3 is 11.9 Å². The van der Waals surface area contributed by atoms with E-state index in [4.69, 9.17) is 14.2 Å². The van der Waals surface area contributed by atoms with E-state index in [-0.39, 0.29) is 5.91 Å². The maximum Gasteiger partial charge on any atom is 0.305 e. The molecular formula is C20H19NO7. The minimum atomic E-state index is -1.53. The van der Waals surface area contributed by atoms with Crippen LogP contribution in [0.5, 0.6) is 0 Å². The molecule has 3 aliphatic rings. The van der Waals surface area contributed by atoms with Gasteiger partial charge in [0.2, 0.25) is 11.8 Å². The summed E-state index contributed by atoms with van der Waals surface area (Å²) in [7, 11) is 0. The fraction of sp³-hybridized carbons (Fsp3) is 0.400. The zero-order valence-electron chi connectivity index (χ0n) is 15.6.